The molecule has 40 heavy (non-hydrogen) atoms. The number of thioether (sulfide) groups is 1. The van der Waals surface area contributed by atoms with Gasteiger partial charge in [-0.3, -0.25) is 9.59 Å². The number of hydrogen-bond donors (Lipinski definition) is 2. The molecule has 0 aliphatic heterocycles. The largest absolute Gasteiger partial charge is 0.322 e. The number of amides is 2. The molecule has 0 aliphatic rings. The average Bonchev–Trinajstić information content (AvgIpc) is 3.42. The van der Waals surface area contributed by atoms with Crippen LogP contribution >= 0.6 is 46.3 Å². The van der Waals surface area contributed by atoms with Gasteiger partial charge in [-0.1, -0.05) is 77.8 Å². The van der Waals surface area contributed by atoms with Crippen molar-refractivity contribution in [1.29, 1.82) is 0 Å². The third-order valence-electron chi connectivity index (χ3n) is 5.75. The van der Waals surface area contributed by atoms with Crippen LogP contribution in [0.25, 0.3) is 11.3 Å². The number of aromatic nitrogens is 1. The van der Waals surface area contributed by atoms with E-state index in [2.05, 4.69) is 15.6 Å². The van der Waals surface area contributed by atoms with E-state index >= 15 is 0 Å². The number of hydrogen-bond acceptors (Lipinski definition) is 5. The molecule has 0 radical (unpaired) electrons. The molecule has 1 atom stereocenters. The standard InChI is InChI=1S/C30H20Cl2FN3O2S2/c31-23-14-13-19(15-24(23)32)26-17-39-30(35-26)36-29(38)27(18-7-2-1-3-8-18)40-21-10-6-9-20(16-21)34-28(37)22-11-4-5-12-25(22)33/h1-17,27H,(H,34,37)(H,35,36,38). The number of thiazole rings is 1. The van der Waals surface area contributed by atoms with Crippen molar-refractivity contribution in [3.63, 3.8) is 0 Å². The first-order chi connectivity index (χ1) is 19.4. The van der Waals surface area contributed by atoms with E-state index in [1.807, 2.05) is 47.8 Å². The number of rotatable bonds is 8. The maximum Gasteiger partial charge on any atom is 0.258 e. The molecular formula is C30H20Cl2FN3O2S2. The van der Waals surface area contributed by atoms with Crippen molar-refractivity contribution in [3.05, 3.63) is 129 Å². The van der Waals surface area contributed by atoms with E-state index < -0.39 is 17.0 Å². The summed E-state index contributed by atoms with van der Waals surface area (Å²) in [5, 5.41) is 8.19. The molecule has 0 aliphatic carbocycles. The van der Waals surface area contributed by atoms with Gasteiger partial charge in [0.2, 0.25) is 5.91 Å². The predicted octanol–water partition coefficient (Wildman–Crippen LogP) is 8.98. The van der Waals surface area contributed by atoms with Gasteiger partial charge in [-0.05, 0) is 48.0 Å². The fourth-order valence-corrected chi connectivity index (χ4v) is 5.92. The van der Waals surface area contributed by atoms with Gasteiger partial charge in [-0.2, -0.15) is 0 Å². The van der Waals surface area contributed by atoms with Gasteiger partial charge in [-0.25, -0.2) is 9.37 Å². The molecule has 5 aromatic rings. The third kappa shape index (κ3) is 6.71. The number of benzene rings is 4. The zero-order valence-electron chi connectivity index (χ0n) is 20.6. The van der Waals surface area contributed by atoms with Crippen molar-refractivity contribution in [2.75, 3.05) is 10.6 Å². The summed E-state index contributed by atoms with van der Waals surface area (Å²) in [6.45, 7) is 0. The summed E-state index contributed by atoms with van der Waals surface area (Å²) in [7, 11) is 0. The molecule has 1 heterocycles. The summed E-state index contributed by atoms with van der Waals surface area (Å²) < 4.78 is 14.1. The molecule has 2 N–H and O–H groups in total. The molecule has 0 fully saturated rings. The number of carbonyl (C=O) groups is 2. The van der Waals surface area contributed by atoms with E-state index in [4.69, 9.17) is 23.2 Å². The van der Waals surface area contributed by atoms with Crippen molar-refractivity contribution >= 4 is 68.9 Å². The lowest BCUT2D eigenvalue weighted by Crippen LogP contribution is -2.19. The Kier molecular flexibility index (Phi) is 8.81. The van der Waals surface area contributed by atoms with Crippen molar-refractivity contribution in [2.45, 2.75) is 10.1 Å². The van der Waals surface area contributed by atoms with Crippen LogP contribution in [0.2, 0.25) is 10.0 Å². The van der Waals surface area contributed by atoms with Gasteiger partial charge in [0.1, 0.15) is 11.1 Å². The van der Waals surface area contributed by atoms with Gasteiger partial charge in [0.05, 0.1) is 21.3 Å². The van der Waals surface area contributed by atoms with Crippen molar-refractivity contribution in [3.8, 4) is 11.3 Å². The second kappa shape index (κ2) is 12.7. The molecule has 10 heteroatoms. The quantitative estimate of drug-likeness (QED) is 0.173. The number of anilines is 2. The van der Waals surface area contributed by atoms with E-state index in [0.29, 0.717) is 26.6 Å². The summed E-state index contributed by atoms with van der Waals surface area (Å²) in [5.74, 6) is -1.41. The number of halogens is 3. The minimum atomic E-state index is -0.615. The van der Waals surface area contributed by atoms with Gasteiger partial charge in [0, 0.05) is 21.5 Å². The van der Waals surface area contributed by atoms with Crippen molar-refractivity contribution in [1.82, 2.24) is 4.98 Å². The normalized spacial score (nSPS) is 11.6. The minimum Gasteiger partial charge on any atom is -0.322 e. The fraction of sp³-hybridized carbons (Fsp3) is 0.0333. The smallest absolute Gasteiger partial charge is 0.258 e. The Balaban J connectivity index is 1.34. The number of carbonyl (C=O) groups excluding carboxylic acids is 2. The highest BCUT2D eigenvalue weighted by molar-refractivity contribution is 8.00. The fourth-order valence-electron chi connectivity index (χ4n) is 3.82. The lowest BCUT2D eigenvalue weighted by Gasteiger charge is -2.17. The van der Waals surface area contributed by atoms with Crippen molar-refractivity contribution < 1.29 is 14.0 Å². The molecule has 4 aromatic carbocycles. The van der Waals surface area contributed by atoms with Crippen LogP contribution < -0.4 is 10.6 Å². The van der Waals surface area contributed by atoms with Crippen LogP contribution in [0.4, 0.5) is 15.2 Å². The zero-order valence-corrected chi connectivity index (χ0v) is 23.8. The Morgan fingerprint density at radius 1 is 0.850 bits per heavy atom. The molecule has 2 amide bonds. The average molecular weight is 609 g/mol. The molecule has 0 saturated carbocycles. The van der Waals surface area contributed by atoms with E-state index in [0.717, 1.165) is 16.0 Å². The summed E-state index contributed by atoms with van der Waals surface area (Å²) in [5.41, 5.74) is 2.69. The summed E-state index contributed by atoms with van der Waals surface area (Å²) >= 11 is 14.8. The molecule has 1 aromatic heterocycles. The van der Waals surface area contributed by atoms with Crippen LogP contribution in [0.15, 0.2) is 107 Å². The van der Waals surface area contributed by atoms with Gasteiger partial charge >= 0.3 is 0 Å². The molecule has 0 spiro atoms. The number of nitrogens with one attached hydrogen (secondary N) is 2. The molecule has 5 rings (SSSR count). The van der Waals surface area contributed by atoms with Crippen LogP contribution in [0.3, 0.4) is 0 Å². The molecule has 1 unspecified atom stereocenters. The van der Waals surface area contributed by atoms with E-state index in [9.17, 15) is 14.0 Å². The molecule has 0 saturated heterocycles. The van der Waals surface area contributed by atoms with Crippen LogP contribution in [0.5, 0.6) is 0 Å². The Morgan fingerprint density at radius 2 is 1.62 bits per heavy atom. The van der Waals surface area contributed by atoms with E-state index in [1.54, 1.807) is 36.4 Å². The van der Waals surface area contributed by atoms with E-state index in [1.165, 1.54) is 41.3 Å². The first kappa shape index (κ1) is 27.9. The monoisotopic (exact) mass is 607 g/mol. The Labute approximate surface area is 248 Å². The zero-order chi connectivity index (χ0) is 28.1. The second-order valence-corrected chi connectivity index (χ2v) is 11.4. The summed E-state index contributed by atoms with van der Waals surface area (Å²) in [6.07, 6.45) is 0. The van der Waals surface area contributed by atoms with Gasteiger partial charge < -0.3 is 10.6 Å². The Hall–Kier alpha value is -3.69. The number of nitrogens with zero attached hydrogens (tertiary/aromatic N) is 1. The van der Waals surface area contributed by atoms with Gasteiger partial charge in [0.15, 0.2) is 5.13 Å². The topological polar surface area (TPSA) is 71.1 Å². The first-order valence-corrected chi connectivity index (χ1v) is 14.5. The molecule has 5 nitrogen and oxygen atoms in total. The minimum absolute atomic E-state index is 0.0502. The van der Waals surface area contributed by atoms with Gasteiger partial charge in [-0.15, -0.1) is 23.1 Å². The Morgan fingerprint density at radius 3 is 2.40 bits per heavy atom. The van der Waals surface area contributed by atoms with Crippen LogP contribution in [-0.4, -0.2) is 16.8 Å². The van der Waals surface area contributed by atoms with Crippen LogP contribution in [0, 0.1) is 5.82 Å². The highest BCUT2D eigenvalue weighted by atomic mass is 35.5. The van der Waals surface area contributed by atoms with Crippen LogP contribution in [0.1, 0.15) is 21.2 Å². The summed E-state index contributed by atoms with van der Waals surface area (Å²) in [4.78, 5) is 31.4. The SMILES string of the molecule is O=C(Nc1cccc(SC(C(=O)Nc2nc(-c3ccc(Cl)c(Cl)c3)cs2)c2ccccc2)c1)c1ccccc1F. The summed E-state index contributed by atoms with van der Waals surface area (Å²) in [6, 6.07) is 27.5. The first-order valence-electron chi connectivity index (χ1n) is 12.0. The molecular weight excluding hydrogens is 588 g/mol. The van der Waals surface area contributed by atoms with Gasteiger partial charge in [0.25, 0.3) is 5.91 Å². The maximum atomic E-state index is 14.1. The second-order valence-electron chi connectivity index (χ2n) is 8.53. The predicted molar refractivity (Wildman–Crippen MR) is 162 cm³/mol. The highest BCUT2D eigenvalue weighted by Crippen LogP contribution is 2.38. The van der Waals surface area contributed by atoms with Crippen molar-refractivity contribution in [2.24, 2.45) is 0 Å². The van der Waals surface area contributed by atoms with E-state index in [-0.39, 0.29) is 11.5 Å². The molecule has 0 bridgehead atoms. The lowest BCUT2D eigenvalue weighted by atomic mass is 10.1. The third-order valence-corrected chi connectivity index (χ3v) is 8.50. The lowest BCUT2D eigenvalue weighted by molar-refractivity contribution is -0.115. The molecule has 200 valence electrons. The van der Waals surface area contributed by atoms with Crippen LogP contribution in [-0.2, 0) is 4.79 Å². The Bertz CT molecular complexity index is 1680. The highest BCUT2D eigenvalue weighted by Gasteiger charge is 2.24. The maximum absolute atomic E-state index is 14.1.